The molecule has 21 heavy (non-hydrogen) atoms. The van der Waals surface area contributed by atoms with E-state index in [2.05, 4.69) is 24.9 Å². The van der Waals surface area contributed by atoms with E-state index in [1.54, 1.807) is 4.40 Å². The summed E-state index contributed by atoms with van der Waals surface area (Å²) in [5, 5.41) is 9.60. The lowest BCUT2D eigenvalue weighted by Gasteiger charge is -2.14. The Bertz CT molecular complexity index is 999. The second kappa shape index (κ2) is 3.76. The topological polar surface area (TPSA) is 61.1 Å². The summed E-state index contributed by atoms with van der Waals surface area (Å²) >= 11 is 0. The average Bonchev–Trinajstić information content (AvgIpc) is 2.97. The lowest BCUT2D eigenvalue weighted by molar-refractivity contribution is 0.392. The van der Waals surface area contributed by atoms with Gasteiger partial charge in [0.1, 0.15) is 11.7 Å². The van der Waals surface area contributed by atoms with Crippen molar-refractivity contribution in [3.63, 3.8) is 0 Å². The molecule has 4 rings (SSSR count). The number of pyridine rings is 1. The number of nitrogens with zero attached hydrogens (tertiary/aromatic N) is 2. The maximum atomic E-state index is 12.9. The number of benzene rings is 1. The monoisotopic (exact) mass is 277 g/mol. The van der Waals surface area contributed by atoms with Crippen LogP contribution in [0.5, 0.6) is 0 Å². The summed E-state index contributed by atoms with van der Waals surface area (Å²) in [4.78, 5) is 16.1. The van der Waals surface area contributed by atoms with Crippen LogP contribution in [-0.4, -0.2) is 9.38 Å². The van der Waals surface area contributed by atoms with Gasteiger partial charge in [-0.05, 0) is 36.0 Å². The molecule has 3 aromatic rings. The molecular weight excluding hydrogens is 262 g/mol. The first kappa shape index (κ1) is 12.2. The molecule has 0 amide bonds. The van der Waals surface area contributed by atoms with E-state index < -0.39 is 0 Å². The summed E-state index contributed by atoms with van der Waals surface area (Å²) in [6.45, 7) is 4.29. The fraction of sp³-hybridized carbons (Fsp3) is 0.294. The zero-order valence-corrected chi connectivity index (χ0v) is 12.0. The van der Waals surface area contributed by atoms with Crippen molar-refractivity contribution in [1.82, 2.24) is 9.38 Å². The van der Waals surface area contributed by atoms with Crippen LogP contribution in [0.15, 0.2) is 29.1 Å². The number of nitriles is 1. The van der Waals surface area contributed by atoms with Gasteiger partial charge in [-0.3, -0.25) is 9.20 Å². The van der Waals surface area contributed by atoms with Crippen LogP contribution in [0.2, 0.25) is 0 Å². The van der Waals surface area contributed by atoms with E-state index in [0.717, 1.165) is 35.0 Å². The summed E-state index contributed by atoms with van der Waals surface area (Å²) in [7, 11) is 0. The Morgan fingerprint density at radius 2 is 1.95 bits per heavy atom. The molecule has 1 aromatic carbocycles. The van der Waals surface area contributed by atoms with E-state index in [-0.39, 0.29) is 11.0 Å². The Morgan fingerprint density at radius 3 is 2.71 bits per heavy atom. The summed E-state index contributed by atoms with van der Waals surface area (Å²) in [5.41, 5.74) is 4.75. The Kier molecular flexibility index (Phi) is 2.19. The van der Waals surface area contributed by atoms with Crippen molar-refractivity contribution in [1.29, 1.82) is 5.26 Å². The number of imidazole rings is 1. The molecule has 2 aromatic heterocycles. The average molecular weight is 277 g/mol. The number of hydrogen-bond donors (Lipinski definition) is 1. The Balaban J connectivity index is 2.25. The molecule has 0 atom stereocenters. The van der Waals surface area contributed by atoms with E-state index in [0.29, 0.717) is 11.2 Å². The highest BCUT2D eigenvalue weighted by molar-refractivity contribution is 5.83. The minimum Gasteiger partial charge on any atom is -0.338 e. The summed E-state index contributed by atoms with van der Waals surface area (Å²) < 4.78 is 1.66. The van der Waals surface area contributed by atoms with Crippen LogP contribution in [0, 0.1) is 16.7 Å². The van der Waals surface area contributed by atoms with E-state index in [9.17, 15) is 10.1 Å². The van der Waals surface area contributed by atoms with Gasteiger partial charge in [0.2, 0.25) is 0 Å². The summed E-state index contributed by atoms with van der Waals surface area (Å²) in [6, 6.07) is 9.97. The van der Waals surface area contributed by atoms with Crippen molar-refractivity contribution in [2.24, 2.45) is 5.41 Å². The van der Waals surface area contributed by atoms with Crippen molar-refractivity contribution in [3.8, 4) is 6.07 Å². The first-order chi connectivity index (χ1) is 10.0. The number of aromatic amines is 1. The van der Waals surface area contributed by atoms with Gasteiger partial charge in [-0.15, -0.1) is 0 Å². The lowest BCUT2D eigenvalue weighted by atomic mass is 9.90. The number of hydrogen-bond acceptors (Lipinski definition) is 2. The first-order valence-electron chi connectivity index (χ1n) is 7.09. The van der Waals surface area contributed by atoms with Crippen molar-refractivity contribution in [2.45, 2.75) is 26.7 Å². The maximum absolute atomic E-state index is 12.9. The Labute approximate surface area is 121 Å². The SMILES string of the molecule is CC1(C)Cc2c(c(=O)n3c([nH]c4ccccc43)c2C#N)C1. The highest BCUT2D eigenvalue weighted by atomic mass is 16.1. The number of H-pyrrole nitrogens is 1. The Morgan fingerprint density at radius 1 is 1.24 bits per heavy atom. The normalized spacial score (nSPS) is 16.2. The molecule has 1 N–H and O–H groups in total. The van der Waals surface area contributed by atoms with Crippen LogP contribution >= 0.6 is 0 Å². The van der Waals surface area contributed by atoms with Gasteiger partial charge in [0.15, 0.2) is 0 Å². The van der Waals surface area contributed by atoms with Gasteiger partial charge in [-0.1, -0.05) is 26.0 Å². The molecule has 0 fully saturated rings. The molecule has 2 heterocycles. The van der Waals surface area contributed by atoms with Crippen LogP contribution in [-0.2, 0) is 12.8 Å². The molecule has 0 aliphatic heterocycles. The van der Waals surface area contributed by atoms with Crippen LogP contribution in [0.25, 0.3) is 16.7 Å². The summed E-state index contributed by atoms with van der Waals surface area (Å²) in [5.74, 6) is 0. The van der Waals surface area contributed by atoms with Crippen LogP contribution in [0.4, 0.5) is 0 Å². The van der Waals surface area contributed by atoms with Gasteiger partial charge in [0.05, 0.1) is 16.6 Å². The quantitative estimate of drug-likeness (QED) is 0.687. The smallest absolute Gasteiger partial charge is 0.260 e. The number of rotatable bonds is 0. The second-order valence-corrected chi connectivity index (χ2v) is 6.59. The zero-order chi connectivity index (χ0) is 14.8. The molecule has 0 saturated heterocycles. The van der Waals surface area contributed by atoms with Gasteiger partial charge in [0, 0.05) is 5.56 Å². The number of nitrogens with one attached hydrogen (secondary N) is 1. The fourth-order valence-electron chi connectivity index (χ4n) is 3.54. The minimum absolute atomic E-state index is 0.0158. The molecule has 0 saturated carbocycles. The van der Waals surface area contributed by atoms with E-state index in [4.69, 9.17) is 0 Å². The van der Waals surface area contributed by atoms with Gasteiger partial charge < -0.3 is 4.98 Å². The number of fused-ring (bicyclic) bond motifs is 4. The standard InChI is InChI=1S/C17H15N3O/c1-17(2)7-10-11(8-17)16(21)20-14-6-4-3-5-13(14)19-15(20)12(10)9-18/h3-6,19H,7-8H2,1-2H3. The van der Waals surface area contributed by atoms with Gasteiger partial charge in [-0.2, -0.15) is 5.26 Å². The minimum atomic E-state index is 0.0158. The molecule has 0 radical (unpaired) electrons. The van der Waals surface area contributed by atoms with E-state index >= 15 is 0 Å². The third-order valence-corrected chi connectivity index (χ3v) is 4.41. The highest BCUT2D eigenvalue weighted by Crippen LogP contribution is 2.37. The van der Waals surface area contributed by atoms with Crippen molar-refractivity contribution in [2.75, 3.05) is 0 Å². The lowest BCUT2D eigenvalue weighted by Crippen LogP contribution is -2.20. The van der Waals surface area contributed by atoms with Gasteiger partial charge in [0.25, 0.3) is 5.56 Å². The largest absolute Gasteiger partial charge is 0.338 e. The van der Waals surface area contributed by atoms with Crippen molar-refractivity contribution in [3.05, 3.63) is 51.3 Å². The van der Waals surface area contributed by atoms with Crippen molar-refractivity contribution >= 4 is 16.7 Å². The molecule has 104 valence electrons. The Hall–Kier alpha value is -2.54. The zero-order valence-electron chi connectivity index (χ0n) is 12.0. The number of para-hydroxylation sites is 2. The molecule has 0 bridgehead atoms. The molecule has 0 unspecified atom stereocenters. The van der Waals surface area contributed by atoms with Gasteiger partial charge in [-0.25, -0.2) is 0 Å². The fourth-order valence-corrected chi connectivity index (χ4v) is 3.54. The first-order valence-corrected chi connectivity index (χ1v) is 7.09. The highest BCUT2D eigenvalue weighted by Gasteiger charge is 2.34. The molecule has 1 aliphatic carbocycles. The number of aromatic nitrogens is 2. The molecule has 4 heteroatoms. The van der Waals surface area contributed by atoms with Crippen LogP contribution < -0.4 is 5.56 Å². The predicted molar refractivity (Wildman–Crippen MR) is 81.4 cm³/mol. The third kappa shape index (κ3) is 1.52. The van der Waals surface area contributed by atoms with Gasteiger partial charge >= 0.3 is 0 Å². The predicted octanol–water partition coefficient (Wildman–Crippen LogP) is 2.78. The summed E-state index contributed by atoms with van der Waals surface area (Å²) in [6.07, 6.45) is 1.52. The molecular formula is C17H15N3O. The second-order valence-electron chi connectivity index (χ2n) is 6.59. The maximum Gasteiger partial charge on any atom is 0.260 e. The van der Waals surface area contributed by atoms with Crippen LogP contribution in [0.3, 0.4) is 0 Å². The third-order valence-electron chi connectivity index (χ3n) is 4.41. The van der Waals surface area contributed by atoms with E-state index in [1.807, 2.05) is 24.3 Å². The molecule has 4 nitrogen and oxygen atoms in total. The molecule has 0 spiro atoms. The molecule has 1 aliphatic rings. The van der Waals surface area contributed by atoms with E-state index in [1.165, 1.54) is 0 Å². The van der Waals surface area contributed by atoms with Crippen LogP contribution in [0.1, 0.15) is 30.5 Å². The van der Waals surface area contributed by atoms with Crippen molar-refractivity contribution < 1.29 is 0 Å².